The number of hydrogen-bond donors (Lipinski definition) is 0. The molecule has 0 N–H and O–H groups in total. The van der Waals surface area contributed by atoms with E-state index in [1.807, 2.05) is 0 Å². The van der Waals surface area contributed by atoms with Gasteiger partial charge in [-0.1, -0.05) is 0 Å². The molecule has 1 aromatic rings. The molecule has 2 aliphatic rings. The maximum absolute atomic E-state index is 14.2. The number of anilines is 1. The minimum Gasteiger partial charge on any atom is -0.379 e. The normalized spacial score (nSPS) is 23.5. The van der Waals surface area contributed by atoms with Crippen LogP contribution in [0.25, 0.3) is 0 Å². The number of rotatable bonds is 3. The first kappa shape index (κ1) is 14.5. The van der Waals surface area contributed by atoms with Gasteiger partial charge < -0.3 is 9.64 Å². The molecule has 0 bridgehead atoms. The molecule has 0 saturated carbocycles. The van der Waals surface area contributed by atoms with Crippen LogP contribution in [0.1, 0.15) is 23.7 Å². The first-order valence-corrected chi connectivity index (χ1v) is 7.52. The van der Waals surface area contributed by atoms with Crippen molar-refractivity contribution in [3.05, 3.63) is 29.6 Å². The topological polar surface area (TPSA) is 32.8 Å². The minimum atomic E-state index is -0.301. The fourth-order valence-corrected chi connectivity index (χ4v) is 3.18. The number of morpholine rings is 1. The van der Waals surface area contributed by atoms with Crippen LogP contribution in [0.2, 0.25) is 0 Å². The Morgan fingerprint density at radius 1 is 1.29 bits per heavy atom. The highest BCUT2D eigenvalue weighted by atomic mass is 19.1. The summed E-state index contributed by atoms with van der Waals surface area (Å²) in [7, 11) is 0. The molecule has 0 aromatic heterocycles. The molecule has 0 amide bonds. The molecule has 2 heterocycles. The molecule has 1 aromatic carbocycles. The molecule has 1 unspecified atom stereocenters. The number of hydrogen-bond acceptors (Lipinski definition) is 4. The van der Waals surface area contributed by atoms with Crippen molar-refractivity contribution in [2.45, 2.75) is 19.4 Å². The monoisotopic (exact) mass is 292 g/mol. The van der Waals surface area contributed by atoms with Crippen LogP contribution in [-0.4, -0.2) is 56.1 Å². The van der Waals surface area contributed by atoms with Crippen molar-refractivity contribution in [2.24, 2.45) is 0 Å². The fourth-order valence-electron chi connectivity index (χ4n) is 3.18. The van der Waals surface area contributed by atoms with Crippen LogP contribution in [0.4, 0.5) is 10.1 Å². The Hall–Kier alpha value is -1.46. The Kier molecular flexibility index (Phi) is 4.22. The summed E-state index contributed by atoms with van der Waals surface area (Å²) in [6.07, 6.45) is 1.05. The van der Waals surface area contributed by atoms with Crippen molar-refractivity contribution >= 4 is 11.5 Å². The van der Waals surface area contributed by atoms with Gasteiger partial charge in [-0.25, -0.2) is 4.39 Å². The summed E-state index contributed by atoms with van der Waals surface area (Å²) >= 11 is 0. The quantitative estimate of drug-likeness (QED) is 0.797. The predicted octanol–water partition coefficient (Wildman–Crippen LogP) is 1.94. The SMILES string of the molecule is CC(=O)c1ccc(N2CCC(N3CCOCC3)C2)c(F)c1. The van der Waals surface area contributed by atoms with E-state index in [0.29, 0.717) is 17.3 Å². The Labute approximate surface area is 124 Å². The molecule has 0 spiro atoms. The Morgan fingerprint density at radius 2 is 2.05 bits per heavy atom. The van der Waals surface area contributed by atoms with E-state index >= 15 is 0 Å². The van der Waals surface area contributed by atoms with Crippen molar-refractivity contribution in [3.8, 4) is 0 Å². The molecule has 4 nitrogen and oxygen atoms in total. The van der Waals surface area contributed by atoms with Crippen LogP contribution >= 0.6 is 0 Å². The van der Waals surface area contributed by atoms with Crippen LogP contribution in [0.5, 0.6) is 0 Å². The summed E-state index contributed by atoms with van der Waals surface area (Å²) in [4.78, 5) is 15.8. The summed E-state index contributed by atoms with van der Waals surface area (Å²) in [5, 5.41) is 0. The molecule has 2 aliphatic heterocycles. The predicted molar refractivity (Wildman–Crippen MR) is 79.4 cm³/mol. The van der Waals surface area contributed by atoms with Gasteiger partial charge in [-0.15, -0.1) is 0 Å². The summed E-state index contributed by atoms with van der Waals surface area (Å²) in [5.74, 6) is -0.404. The van der Waals surface area contributed by atoms with Gasteiger partial charge in [-0.05, 0) is 31.5 Å². The Morgan fingerprint density at radius 3 is 2.71 bits per heavy atom. The summed E-state index contributed by atoms with van der Waals surface area (Å²) in [5.41, 5.74) is 1.04. The Balaban J connectivity index is 1.69. The number of benzene rings is 1. The zero-order chi connectivity index (χ0) is 14.8. The molecular formula is C16H21FN2O2. The van der Waals surface area contributed by atoms with E-state index in [-0.39, 0.29) is 11.6 Å². The van der Waals surface area contributed by atoms with Gasteiger partial charge in [0.05, 0.1) is 18.9 Å². The van der Waals surface area contributed by atoms with E-state index in [1.54, 1.807) is 12.1 Å². The highest BCUT2D eigenvalue weighted by Crippen LogP contribution is 2.27. The van der Waals surface area contributed by atoms with Gasteiger partial charge in [0.25, 0.3) is 0 Å². The first-order valence-electron chi connectivity index (χ1n) is 7.52. The molecule has 114 valence electrons. The van der Waals surface area contributed by atoms with Gasteiger partial charge in [0, 0.05) is 37.8 Å². The third kappa shape index (κ3) is 3.09. The maximum Gasteiger partial charge on any atom is 0.159 e. The van der Waals surface area contributed by atoms with Crippen LogP contribution in [0.3, 0.4) is 0 Å². The van der Waals surface area contributed by atoms with Gasteiger partial charge in [0.15, 0.2) is 5.78 Å². The zero-order valence-corrected chi connectivity index (χ0v) is 12.3. The number of halogens is 1. The van der Waals surface area contributed by atoms with Gasteiger partial charge in [0.1, 0.15) is 5.82 Å². The van der Waals surface area contributed by atoms with Gasteiger partial charge in [-0.3, -0.25) is 9.69 Å². The van der Waals surface area contributed by atoms with Gasteiger partial charge in [-0.2, -0.15) is 0 Å². The molecule has 0 radical (unpaired) electrons. The standard InChI is InChI=1S/C16H21FN2O2/c1-12(20)13-2-3-16(15(17)10-13)19-5-4-14(11-19)18-6-8-21-9-7-18/h2-3,10,14H,4-9,11H2,1H3. The van der Waals surface area contributed by atoms with Crippen molar-refractivity contribution in [1.29, 1.82) is 0 Å². The van der Waals surface area contributed by atoms with E-state index < -0.39 is 0 Å². The Bertz CT molecular complexity index is 529. The minimum absolute atomic E-state index is 0.104. The second kappa shape index (κ2) is 6.12. The average Bonchev–Trinajstić information content (AvgIpc) is 2.97. The van der Waals surface area contributed by atoms with Crippen LogP contribution in [0, 0.1) is 5.82 Å². The molecule has 21 heavy (non-hydrogen) atoms. The third-order valence-electron chi connectivity index (χ3n) is 4.42. The van der Waals surface area contributed by atoms with Crippen LogP contribution < -0.4 is 4.90 Å². The lowest BCUT2D eigenvalue weighted by Gasteiger charge is -2.32. The van der Waals surface area contributed by atoms with E-state index in [9.17, 15) is 9.18 Å². The molecule has 3 rings (SSSR count). The van der Waals surface area contributed by atoms with Crippen molar-refractivity contribution in [1.82, 2.24) is 4.90 Å². The molecule has 0 aliphatic carbocycles. The number of carbonyl (C=O) groups is 1. The molecule has 5 heteroatoms. The molecule has 1 atom stereocenters. The van der Waals surface area contributed by atoms with Crippen molar-refractivity contribution in [2.75, 3.05) is 44.3 Å². The third-order valence-corrected chi connectivity index (χ3v) is 4.42. The number of ether oxygens (including phenoxy) is 1. The lowest BCUT2D eigenvalue weighted by atomic mass is 10.1. The molecule has 2 fully saturated rings. The van der Waals surface area contributed by atoms with E-state index in [1.165, 1.54) is 13.0 Å². The van der Waals surface area contributed by atoms with Gasteiger partial charge in [0.2, 0.25) is 0 Å². The van der Waals surface area contributed by atoms with E-state index in [4.69, 9.17) is 4.74 Å². The van der Waals surface area contributed by atoms with Gasteiger partial charge >= 0.3 is 0 Å². The molecular weight excluding hydrogens is 271 g/mol. The largest absolute Gasteiger partial charge is 0.379 e. The number of carbonyl (C=O) groups excluding carboxylic acids is 1. The maximum atomic E-state index is 14.2. The van der Waals surface area contributed by atoms with E-state index in [0.717, 1.165) is 45.8 Å². The summed E-state index contributed by atoms with van der Waals surface area (Å²) in [6, 6.07) is 5.26. The molecule has 2 saturated heterocycles. The lowest BCUT2D eigenvalue weighted by Crippen LogP contribution is -2.44. The lowest BCUT2D eigenvalue weighted by molar-refractivity contribution is 0.0209. The van der Waals surface area contributed by atoms with Crippen molar-refractivity contribution in [3.63, 3.8) is 0 Å². The second-order valence-corrected chi connectivity index (χ2v) is 5.76. The zero-order valence-electron chi connectivity index (χ0n) is 12.3. The fraction of sp³-hybridized carbons (Fsp3) is 0.562. The van der Waals surface area contributed by atoms with Crippen LogP contribution in [-0.2, 0) is 4.74 Å². The number of nitrogens with zero attached hydrogens (tertiary/aromatic N) is 2. The summed E-state index contributed by atoms with van der Waals surface area (Å²) < 4.78 is 19.6. The van der Waals surface area contributed by atoms with E-state index in [2.05, 4.69) is 9.80 Å². The smallest absolute Gasteiger partial charge is 0.159 e. The highest BCUT2D eigenvalue weighted by molar-refractivity contribution is 5.94. The number of Topliss-reactive ketones (excluding diaryl/α,β-unsaturated/α-hetero) is 1. The second-order valence-electron chi connectivity index (χ2n) is 5.76. The summed E-state index contributed by atoms with van der Waals surface area (Å²) in [6.45, 7) is 6.67. The highest BCUT2D eigenvalue weighted by Gasteiger charge is 2.29. The average molecular weight is 292 g/mol. The van der Waals surface area contributed by atoms with Crippen molar-refractivity contribution < 1.29 is 13.9 Å². The first-order chi connectivity index (χ1) is 10.1. The van der Waals surface area contributed by atoms with Crippen LogP contribution in [0.15, 0.2) is 18.2 Å². The number of ketones is 1.